The molecular formula is C24H43N3O6. The first-order valence-electron chi connectivity index (χ1n) is 12.1. The van der Waals surface area contributed by atoms with Gasteiger partial charge in [-0.05, 0) is 60.8 Å². The van der Waals surface area contributed by atoms with Crippen molar-refractivity contribution < 1.29 is 28.6 Å². The minimum absolute atomic E-state index is 0.113. The molecule has 0 bridgehead atoms. The second-order valence-corrected chi connectivity index (χ2v) is 10.9. The zero-order valence-electron chi connectivity index (χ0n) is 21.4. The van der Waals surface area contributed by atoms with Crippen LogP contribution in [0.3, 0.4) is 0 Å². The zero-order valence-corrected chi connectivity index (χ0v) is 21.4. The molecule has 0 aromatic carbocycles. The predicted octanol–water partition coefficient (Wildman–Crippen LogP) is 3.30. The zero-order chi connectivity index (χ0) is 24.6. The van der Waals surface area contributed by atoms with Gasteiger partial charge in [-0.3, -0.25) is 9.69 Å². The van der Waals surface area contributed by atoms with Crippen molar-refractivity contribution in [2.45, 2.75) is 84.5 Å². The fourth-order valence-electron chi connectivity index (χ4n) is 4.01. The number of carbonyl (C=O) groups excluding carboxylic acids is 3. The SMILES string of the molecule is CC(C)(C)OC(=O)N1CCCC(=O)C1.CC(C)(C)OC(=O)N1CCCC(N2CCOCC2)C1. The molecule has 0 N–H and O–H groups in total. The van der Waals surface area contributed by atoms with Gasteiger partial charge >= 0.3 is 12.2 Å². The maximum Gasteiger partial charge on any atom is 0.410 e. The van der Waals surface area contributed by atoms with Gasteiger partial charge in [0.15, 0.2) is 5.78 Å². The van der Waals surface area contributed by atoms with Crippen LogP contribution in [-0.2, 0) is 19.0 Å². The smallest absolute Gasteiger partial charge is 0.410 e. The van der Waals surface area contributed by atoms with E-state index in [-0.39, 0.29) is 24.5 Å². The summed E-state index contributed by atoms with van der Waals surface area (Å²) >= 11 is 0. The van der Waals surface area contributed by atoms with Crippen LogP contribution in [0.5, 0.6) is 0 Å². The Hall–Kier alpha value is -1.87. The molecule has 33 heavy (non-hydrogen) atoms. The van der Waals surface area contributed by atoms with E-state index in [0.717, 1.165) is 52.2 Å². The lowest BCUT2D eigenvalue weighted by Gasteiger charge is -2.41. The largest absolute Gasteiger partial charge is 0.444 e. The number of carbonyl (C=O) groups is 3. The van der Waals surface area contributed by atoms with E-state index in [1.54, 1.807) is 0 Å². The van der Waals surface area contributed by atoms with Gasteiger partial charge in [0.2, 0.25) is 0 Å². The average Bonchev–Trinajstić information content (AvgIpc) is 2.72. The second-order valence-electron chi connectivity index (χ2n) is 10.9. The highest BCUT2D eigenvalue weighted by atomic mass is 16.6. The molecular weight excluding hydrogens is 426 g/mol. The molecule has 190 valence electrons. The van der Waals surface area contributed by atoms with Crippen LogP contribution in [0.2, 0.25) is 0 Å². The number of hydrogen-bond donors (Lipinski definition) is 0. The monoisotopic (exact) mass is 469 g/mol. The van der Waals surface area contributed by atoms with Crippen molar-refractivity contribution in [1.29, 1.82) is 0 Å². The lowest BCUT2D eigenvalue weighted by Crippen LogP contribution is -2.53. The molecule has 3 aliphatic rings. The number of ether oxygens (including phenoxy) is 3. The van der Waals surface area contributed by atoms with Gasteiger partial charge in [-0.15, -0.1) is 0 Å². The number of ketones is 1. The van der Waals surface area contributed by atoms with Gasteiger partial charge in [-0.1, -0.05) is 0 Å². The maximum atomic E-state index is 12.1. The van der Waals surface area contributed by atoms with Crippen LogP contribution in [0.1, 0.15) is 67.2 Å². The van der Waals surface area contributed by atoms with E-state index in [1.807, 2.05) is 46.4 Å². The van der Waals surface area contributed by atoms with E-state index in [0.29, 0.717) is 19.0 Å². The lowest BCUT2D eigenvalue weighted by molar-refractivity contribution is -0.122. The third kappa shape index (κ3) is 10.3. The topological polar surface area (TPSA) is 88.6 Å². The lowest BCUT2D eigenvalue weighted by atomic mass is 10.0. The summed E-state index contributed by atoms with van der Waals surface area (Å²) in [6, 6.07) is 0.463. The molecule has 0 radical (unpaired) electrons. The molecule has 0 saturated carbocycles. The molecule has 9 nitrogen and oxygen atoms in total. The fourth-order valence-corrected chi connectivity index (χ4v) is 4.01. The quantitative estimate of drug-likeness (QED) is 0.582. The summed E-state index contributed by atoms with van der Waals surface area (Å²) in [5, 5.41) is 0. The molecule has 3 rings (SSSR count). The maximum absolute atomic E-state index is 12.1. The van der Waals surface area contributed by atoms with E-state index in [9.17, 15) is 14.4 Å². The molecule has 0 spiro atoms. The number of morpholine rings is 1. The van der Waals surface area contributed by atoms with Crippen molar-refractivity contribution in [2.75, 3.05) is 52.5 Å². The predicted molar refractivity (Wildman–Crippen MR) is 125 cm³/mol. The number of hydrogen-bond acceptors (Lipinski definition) is 7. The van der Waals surface area contributed by atoms with Crippen LogP contribution in [0, 0.1) is 0 Å². The summed E-state index contributed by atoms with van der Waals surface area (Å²) in [7, 11) is 0. The Morgan fingerprint density at radius 2 is 1.39 bits per heavy atom. The molecule has 2 amide bonds. The number of nitrogens with zero attached hydrogens (tertiary/aromatic N) is 3. The van der Waals surface area contributed by atoms with Crippen molar-refractivity contribution in [3.8, 4) is 0 Å². The average molecular weight is 470 g/mol. The summed E-state index contributed by atoms with van der Waals surface area (Å²) in [5.41, 5.74) is -0.902. The highest BCUT2D eigenvalue weighted by molar-refractivity contribution is 5.85. The molecule has 1 unspecified atom stereocenters. The van der Waals surface area contributed by atoms with Gasteiger partial charge in [-0.2, -0.15) is 0 Å². The Bertz CT molecular complexity index is 664. The van der Waals surface area contributed by atoms with Crippen molar-refractivity contribution in [1.82, 2.24) is 14.7 Å². The summed E-state index contributed by atoms with van der Waals surface area (Å²) in [6.45, 7) is 17.2. The van der Waals surface area contributed by atoms with E-state index in [2.05, 4.69) is 4.90 Å². The van der Waals surface area contributed by atoms with Crippen LogP contribution < -0.4 is 0 Å². The van der Waals surface area contributed by atoms with Crippen LogP contribution in [0.4, 0.5) is 9.59 Å². The van der Waals surface area contributed by atoms with E-state index < -0.39 is 11.2 Å². The van der Waals surface area contributed by atoms with Gasteiger partial charge in [0.05, 0.1) is 19.8 Å². The summed E-state index contributed by atoms with van der Waals surface area (Å²) in [5.74, 6) is 0.113. The number of Topliss-reactive ketones (excluding diaryl/α,β-unsaturated/α-hetero) is 1. The normalized spacial score (nSPS) is 22.8. The first-order chi connectivity index (χ1) is 15.3. The van der Waals surface area contributed by atoms with Crippen molar-refractivity contribution in [2.24, 2.45) is 0 Å². The number of likely N-dealkylation sites (tertiary alicyclic amines) is 2. The first-order valence-corrected chi connectivity index (χ1v) is 12.1. The number of piperidine rings is 2. The van der Waals surface area contributed by atoms with E-state index in [4.69, 9.17) is 14.2 Å². The Morgan fingerprint density at radius 1 is 0.848 bits per heavy atom. The summed E-state index contributed by atoms with van der Waals surface area (Å²) in [6.07, 6.45) is 2.99. The molecule has 0 aromatic rings. The fraction of sp³-hybridized carbons (Fsp3) is 0.875. The molecule has 3 heterocycles. The van der Waals surface area contributed by atoms with Gasteiger partial charge in [0.25, 0.3) is 0 Å². The van der Waals surface area contributed by atoms with Crippen molar-refractivity contribution in [3.63, 3.8) is 0 Å². The molecule has 3 saturated heterocycles. The van der Waals surface area contributed by atoms with Crippen LogP contribution in [-0.4, -0.2) is 102 Å². The Kier molecular flexibility index (Phi) is 9.97. The van der Waals surface area contributed by atoms with Crippen LogP contribution in [0.15, 0.2) is 0 Å². The Morgan fingerprint density at radius 3 is 1.94 bits per heavy atom. The summed E-state index contributed by atoms with van der Waals surface area (Å²) in [4.78, 5) is 40.5. The van der Waals surface area contributed by atoms with Crippen LogP contribution >= 0.6 is 0 Å². The molecule has 0 aromatic heterocycles. The minimum atomic E-state index is -0.489. The standard InChI is InChI=1S/C14H26N2O3.C10H17NO3/c1-14(2,3)19-13(17)16-6-4-5-12(11-16)15-7-9-18-10-8-15;1-10(2,3)14-9(13)11-6-4-5-8(12)7-11/h12H,4-11H2,1-3H3;4-7H2,1-3H3. The third-order valence-corrected chi connectivity index (χ3v) is 5.51. The Labute approximate surface area is 198 Å². The van der Waals surface area contributed by atoms with Gasteiger partial charge in [-0.25, -0.2) is 9.59 Å². The highest BCUT2D eigenvalue weighted by Crippen LogP contribution is 2.19. The third-order valence-electron chi connectivity index (χ3n) is 5.51. The molecule has 3 fully saturated rings. The van der Waals surface area contributed by atoms with E-state index in [1.165, 1.54) is 11.3 Å². The highest BCUT2D eigenvalue weighted by Gasteiger charge is 2.31. The van der Waals surface area contributed by atoms with Gasteiger partial charge in [0, 0.05) is 45.2 Å². The van der Waals surface area contributed by atoms with Crippen molar-refractivity contribution in [3.05, 3.63) is 0 Å². The van der Waals surface area contributed by atoms with E-state index >= 15 is 0 Å². The molecule has 9 heteroatoms. The first kappa shape index (κ1) is 27.4. The second kappa shape index (κ2) is 12.0. The number of amides is 2. The van der Waals surface area contributed by atoms with Crippen molar-refractivity contribution >= 4 is 18.0 Å². The minimum Gasteiger partial charge on any atom is -0.444 e. The summed E-state index contributed by atoms with van der Waals surface area (Å²) < 4.78 is 16.0. The molecule has 1 atom stereocenters. The van der Waals surface area contributed by atoms with Gasteiger partial charge in [0.1, 0.15) is 11.2 Å². The Balaban J connectivity index is 0.000000245. The van der Waals surface area contributed by atoms with Gasteiger partial charge < -0.3 is 24.0 Å². The van der Waals surface area contributed by atoms with Crippen LogP contribution in [0.25, 0.3) is 0 Å². The number of rotatable bonds is 1. The molecule has 0 aliphatic carbocycles. The molecule has 3 aliphatic heterocycles.